The van der Waals surface area contributed by atoms with E-state index in [0.717, 1.165) is 29.1 Å². The summed E-state index contributed by atoms with van der Waals surface area (Å²) in [4.78, 5) is 12.4. The van der Waals surface area contributed by atoms with Gasteiger partial charge in [-0.05, 0) is 44.5 Å². The van der Waals surface area contributed by atoms with Gasteiger partial charge in [-0.3, -0.25) is 4.79 Å². The number of nitrogens with one attached hydrogen (secondary N) is 1. The minimum atomic E-state index is -0.0861. The van der Waals surface area contributed by atoms with Crippen LogP contribution in [0.2, 0.25) is 5.02 Å². The van der Waals surface area contributed by atoms with E-state index >= 15 is 0 Å². The van der Waals surface area contributed by atoms with Crippen molar-refractivity contribution in [2.45, 2.75) is 32.0 Å². The first kappa shape index (κ1) is 22.3. The summed E-state index contributed by atoms with van der Waals surface area (Å²) in [6, 6.07) is 15.3. The summed E-state index contributed by atoms with van der Waals surface area (Å²) in [5.74, 6) is 0.889. The van der Waals surface area contributed by atoms with Crippen molar-refractivity contribution in [2.24, 2.45) is 0 Å². The molecular formula is C22H25ClN4O2S. The Morgan fingerprint density at radius 2 is 2.00 bits per heavy atom. The highest BCUT2D eigenvalue weighted by Gasteiger charge is 2.16. The van der Waals surface area contributed by atoms with E-state index in [4.69, 9.17) is 16.3 Å². The molecule has 0 fully saturated rings. The molecule has 0 atom stereocenters. The number of nitrogens with zero attached hydrogens (tertiary/aromatic N) is 3. The fraction of sp³-hybridized carbons (Fsp3) is 0.318. The number of hydrogen-bond donors (Lipinski definition) is 1. The van der Waals surface area contributed by atoms with E-state index in [9.17, 15) is 4.79 Å². The number of rotatable bonds is 10. The van der Waals surface area contributed by atoms with Crippen LogP contribution in [-0.4, -0.2) is 39.6 Å². The molecule has 0 unspecified atom stereocenters. The molecule has 6 nitrogen and oxygen atoms in total. The maximum atomic E-state index is 12.4. The molecule has 30 heavy (non-hydrogen) atoms. The summed E-state index contributed by atoms with van der Waals surface area (Å²) in [5, 5.41) is 12.9. The predicted molar refractivity (Wildman–Crippen MR) is 122 cm³/mol. The van der Waals surface area contributed by atoms with Gasteiger partial charge in [0.15, 0.2) is 11.0 Å². The van der Waals surface area contributed by atoms with Crippen molar-refractivity contribution in [3.63, 3.8) is 0 Å². The smallest absolute Gasteiger partial charge is 0.234 e. The zero-order chi connectivity index (χ0) is 21.3. The van der Waals surface area contributed by atoms with Gasteiger partial charge >= 0.3 is 0 Å². The molecule has 0 aliphatic carbocycles. The second-order valence-electron chi connectivity index (χ2n) is 6.72. The molecule has 1 N–H and O–H groups in total. The number of hydrogen-bond acceptors (Lipinski definition) is 5. The van der Waals surface area contributed by atoms with Gasteiger partial charge in [-0.25, -0.2) is 0 Å². The first-order chi connectivity index (χ1) is 14.6. The molecule has 3 rings (SSSR count). The number of anilines is 1. The Labute approximate surface area is 186 Å². The number of ether oxygens (including phenoxy) is 1. The fourth-order valence-electron chi connectivity index (χ4n) is 2.87. The quantitative estimate of drug-likeness (QED) is 0.349. The van der Waals surface area contributed by atoms with E-state index in [0.29, 0.717) is 29.9 Å². The van der Waals surface area contributed by atoms with Gasteiger partial charge in [-0.1, -0.05) is 53.2 Å². The number of aromatic nitrogens is 3. The normalized spacial score (nSPS) is 10.9. The van der Waals surface area contributed by atoms with Crippen molar-refractivity contribution in [2.75, 3.05) is 24.3 Å². The number of benzene rings is 2. The Balaban J connectivity index is 1.71. The van der Waals surface area contributed by atoms with Gasteiger partial charge < -0.3 is 14.6 Å². The van der Waals surface area contributed by atoms with Gasteiger partial charge in [0.2, 0.25) is 5.91 Å². The van der Waals surface area contributed by atoms with Crippen LogP contribution in [0.5, 0.6) is 0 Å². The van der Waals surface area contributed by atoms with Crippen LogP contribution in [0.15, 0.2) is 53.7 Å². The Morgan fingerprint density at radius 1 is 1.20 bits per heavy atom. The SMILES string of the molecule is CCOCCCn1c(SCC(=O)Nc2ccc(C)cc2)nnc1-c1cccc(Cl)c1. The second-order valence-corrected chi connectivity index (χ2v) is 8.10. The Kier molecular flexibility index (Phi) is 8.30. The summed E-state index contributed by atoms with van der Waals surface area (Å²) < 4.78 is 7.49. The van der Waals surface area contributed by atoms with E-state index in [1.165, 1.54) is 11.8 Å². The molecule has 0 aliphatic rings. The molecule has 0 saturated carbocycles. The van der Waals surface area contributed by atoms with Gasteiger partial charge in [0.1, 0.15) is 0 Å². The van der Waals surface area contributed by atoms with Gasteiger partial charge in [0, 0.05) is 36.0 Å². The highest BCUT2D eigenvalue weighted by molar-refractivity contribution is 7.99. The molecule has 0 aliphatic heterocycles. The number of aryl methyl sites for hydroxylation is 1. The molecule has 0 bridgehead atoms. The summed E-state index contributed by atoms with van der Waals surface area (Å²) in [7, 11) is 0. The topological polar surface area (TPSA) is 69.0 Å². The monoisotopic (exact) mass is 444 g/mol. The van der Waals surface area contributed by atoms with Crippen LogP contribution < -0.4 is 5.32 Å². The molecule has 158 valence electrons. The number of amides is 1. The van der Waals surface area contributed by atoms with Crippen molar-refractivity contribution in [3.8, 4) is 11.4 Å². The molecular weight excluding hydrogens is 420 g/mol. The van der Waals surface area contributed by atoms with Gasteiger partial charge in [0.25, 0.3) is 0 Å². The lowest BCUT2D eigenvalue weighted by Gasteiger charge is -2.11. The summed E-state index contributed by atoms with van der Waals surface area (Å²) >= 11 is 7.52. The molecule has 0 saturated heterocycles. The Bertz CT molecular complexity index is 976. The zero-order valence-electron chi connectivity index (χ0n) is 17.1. The van der Waals surface area contributed by atoms with Crippen LogP contribution >= 0.6 is 23.4 Å². The van der Waals surface area contributed by atoms with Gasteiger partial charge in [0.05, 0.1) is 5.75 Å². The van der Waals surface area contributed by atoms with Crippen molar-refractivity contribution in [1.29, 1.82) is 0 Å². The Morgan fingerprint density at radius 3 is 2.73 bits per heavy atom. The highest BCUT2D eigenvalue weighted by Crippen LogP contribution is 2.26. The number of thioether (sulfide) groups is 1. The standard InChI is InChI=1S/C22H25ClN4O2S/c1-3-29-13-5-12-27-21(17-6-4-7-18(23)14-17)25-26-22(27)30-15-20(28)24-19-10-8-16(2)9-11-19/h4,6-11,14H,3,5,12-13,15H2,1-2H3,(H,24,28). The zero-order valence-corrected chi connectivity index (χ0v) is 18.7. The third-order valence-corrected chi connectivity index (χ3v) is 5.54. The predicted octanol–water partition coefficient (Wildman–Crippen LogP) is 5.06. The molecule has 8 heteroatoms. The highest BCUT2D eigenvalue weighted by atomic mass is 35.5. The van der Waals surface area contributed by atoms with Crippen LogP contribution in [0.4, 0.5) is 5.69 Å². The lowest BCUT2D eigenvalue weighted by Crippen LogP contribution is -2.15. The summed E-state index contributed by atoms with van der Waals surface area (Å²) in [6.45, 7) is 6.02. The molecule has 1 heterocycles. The van der Waals surface area contributed by atoms with E-state index in [1.54, 1.807) is 0 Å². The van der Waals surface area contributed by atoms with E-state index in [-0.39, 0.29) is 11.7 Å². The molecule has 0 spiro atoms. The van der Waals surface area contributed by atoms with Crippen LogP contribution in [0.3, 0.4) is 0 Å². The van der Waals surface area contributed by atoms with Crippen LogP contribution in [0, 0.1) is 6.92 Å². The maximum Gasteiger partial charge on any atom is 0.234 e. The maximum absolute atomic E-state index is 12.4. The summed E-state index contributed by atoms with van der Waals surface area (Å²) in [5.41, 5.74) is 2.82. The average molecular weight is 445 g/mol. The van der Waals surface area contributed by atoms with Crippen molar-refractivity contribution >= 4 is 35.0 Å². The minimum Gasteiger partial charge on any atom is -0.382 e. The lowest BCUT2D eigenvalue weighted by molar-refractivity contribution is -0.113. The van der Waals surface area contributed by atoms with Crippen LogP contribution in [-0.2, 0) is 16.1 Å². The van der Waals surface area contributed by atoms with E-state index in [1.807, 2.05) is 66.9 Å². The van der Waals surface area contributed by atoms with Crippen LogP contribution in [0.25, 0.3) is 11.4 Å². The largest absolute Gasteiger partial charge is 0.382 e. The average Bonchev–Trinajstić information content (AvgIpc) is 3.14. The van der Waals surface area contributed by atoms with Crippen molar-refractivity contribution in [1.82, 2.24) is 14.8 Å². The first-order valence-corrected chi connectivity index (χ1v) is 11.2. The fourth-order valence-corrected chi connectivity index (χ4v) is 3.83. The second kappa shape index (κ2) is 11.2. The van der Waals surface area contributed by atoms with Crippen molar-refractivity contribution < 1.29 is 9.53 Å². The third kappa shape index (κ3) is 6.32. The number of halogens is 1. The van der Waals surface area contributed by atoms with E-state index in [2.05, 4.69) is 15.5 Å². The van der Waals surface area contributed by atoms with Crippen LogP contribution in [0.1, 0.15) is 18.9 Å². The molecule has 2 aromatic carbocycles. The number of carbonyl (C=O) groups excluding carboxylic acids is 1. The summed E-state index contributed by atoms with van der Waals surface area (Å²) in [6.07, 6.45) is 0.822. The number of carbonyl (C=O) groups is 1. The third-order valence-electron chi connectivity index (χ3n) is 4.34. The first-order valence-electron chi connectivity index (χ1n) is 9.83. The van der Waals surface area contributed by atoms with Gasteiger partial charge in [-0.15, -0.1) is 10.2 Å². The van der Waals surface area contributed by atoms with E-state index < -0.39 is 0 Å². The minimum absolute atomic E-state index is 0.0861. The Hall–Kier alpha value is -2.35. The molecule has 1 amide bonds. The molecule has 0 radical (unpaired) electrons. The molecule has 3 aromatic rings. The van der Waals surface area contributed by atoms with Gasteiger partial charge in [-0.2, -0.15) is 0 Å². The molecule has 1 aromatic heterocycles. The lowest BCUT2D eigenvalue weighted by atomic mass is 10.2. The van der Waals surface area contributed by atoms with Crippen molar-refractivity contribution in [3.05, 3.63) is 59.1 Å².